The topological polar surface area (TPSA) is 126 Å². The summed E-state index contributed by atoms with van der Waals surface area (Å²) in [5.41, 5.74) is 1.04. The molecule has 0 saturated carbocycles. The summed E-state index contributed by atoms with van der Waals surface area (Å²) < 4.78 is 7.04. The molecule has 1 aliphatic heterocycles. The first-order valence-corrected chi connectivity index (χ1v) is 7.21. The van der Waals surface area contributed by atoms with Gasteiger partial charge in [0.2, 0.25) is 5.95 Å². The number of hydrogen-bond acceptors (Lipinski definition) is 8. The monoisotopic (exact) mass is 309 g/mol. The molecule has 0 spiro atoms. The van der Waals surface area contributed by atoms with E-state index in [9.17, 15) is 10.2 Å². The third-order valence-electron chi connectivity index (χ3n) is 3.64. The third-order valence-corrected chi connectivity index (χ3v) is 3.64. The molecule has 0 amide bonds. The number of rotatable bonds is 5. The lowest BCUT2D eigenvalue weighted by atomic mass is 10.1. The second-order valence-electron chi connectivity index (χ2n) is 5.21. The number of anilines is 1. The van der Waals surface area contributed by atoms with Crippen LogP contribution in [-0.2, 0) is 4.74 Å². The Hall–Kier alpha value is -1.81. The maximum absolute atomic E-state index is 10.1. The van der Waals surface area contributed by atoms with Crippen LogP contribution < -0.4 is 5.32 Å². The van der Waals surface area contributed by atoms with Crippen LogP contribution in [0.25, 0.3) is 11.2 Å². The van der Waals surface area contributed by atoms with E-state index in [4.69, 9.17) is 9.84 Å². The Labute approximate surface area is 126 Å². The first-order chi connectivity index (χ1) is 10.7. The minimum Gasteiger partial charge on any atom is -0.394 e. The molecule has 3 heterocycles. The third kappa shape index (κ3) is 2.52. The highest BCUT2D eigenvalue weighted by molar-refractivity contribution is 5.71. The summed E-state index contributed by atoms with van der Waals surface area (Å²) in [5.74, 6) is 0.461. The van der Waals surface area contributed by atoms with Crippen molar-refractivity contribution in [1.82, 2.24) is 19.5 Å². The number of ether oxygens (including phenoxy) is 1. The maximum Gasteiger partial charge on any atom is 0.224 e. The second kappa shape index (κ2) is 6.13. The van der Waals surface area contributed by atoms with Crippen LogP contribution in [-0.4, -0.2) is 66.3 Å². The molecule has 0 aliphatic carbocycles. The maximum atomic E-state index is 10.1. The van der Waals surface area contributed by atoms with Crippen LogP contribution >= 0.6 is 0 Å². The largest absolute Gasteiger partial charge is 0.394 e. The van der Waals surface area contributed by atoms with E-state index in [0.29, 0.717) is 17.1 Å². The fraction of sp³-hybridized carbons (Fsp3) is 0.615. The van der Waals surface area contributed by atoms with E-state index in [2.05, 4.69) is 20.3 Å². The summed E-state index contributed by atoms with van der Waals surface area (Å²) in [4.78, 5) is 12.7. The fourth-order valence-electron chi connectivity index (χ4n) is 2.44. The first-order valence-electron chi connectivity index (χ1n) is 7.21. The van der Waals surface area contributed by atoms with Crippen molar-refractivity contribution in [1.29, 1.82) is 0 Å². The van der Waals surface area contributed by atoms with E-state index in [0.717, 1.165) is 13.0 Å². The van der Waals surface area contributed by atoms with Crippen molar-refractivity contribution in [2.75, 3.05) is 18.5 Å². The van der Waals surface area contributed by atoms with Crippen molar-refractivity contribution in [3.63, 3.8) is 0 Å². The molecular weight excluding hydrogens is 290 g/mol. The minimum atomic E-state index is -1.17. The van der Waals surface area contributed by atoms with Crippen LogP contribution in [0.3, 0.4) is 0 Å². The number of aromatic nitrogens is 4. The SMILES string of the molecule is CCCNc1ncc2ncn([C@@H]3O[C@H](CO)[C@@H](O)[C@H]3O)c2n1. The van der Waals surface area contributed by atoms with Crippen LogP contribution in [0.4, 0.5) is 5.95 Å². The molecule has 0 radical (unpaired) electrons. The van der Waals surface area contributed by atoms with Gasteiger partial charge in [0.05, 0.1) is 19.1 Å². The predicted octanol–water partition coefficient (Wildman–Crippen LogP) is -0.740. The van der Waals surface area contributed by atoms with E-state index in [1.54, 1.807) is 6.20 Å². The van der Waals surface area contributed by atoms with Gasteiger partial charge in [-0.15, -0.1) is 0 Å². The molecular formula is C13H19N5O4. The van der Waals surface area contributed by atoms with Crippen molar-refractivity contribution in [2.24, 2.45) is 0 Å². The molecule has 3 rings (SSSR count). The molecule has 0 bridgehead atoms. The smallest absolute Gasteiger partial charge is 0.224 e. The zero-order valence-electron chi connectivity index (χ0n) is 12.1. The van der Waals surface area contributed by atoms with E-state index in [-0.39, 0.29) is 6.61 Å². The average Bonchev–Trinajstić information content (AvgIpc) is 3.07. The van der Waals surface area contributed by atoms with E-state index < -0.39 is 24.5 Å². The molecule has 1 fully saturated rings. The summed E-state index contributed by atoms with van der Waals surface area (Å²) in [6, 6.07) is 0. The van der Waals surface area contributed by atoms with Gasteiger partial charge in [-0.05, 0) is 6.42 Å². The van der Waals surface area contributed by atoms with Gasteiger partial charge in [-0.3, -0.25) is 4.57 Å². The van der Waals surface area contributed by atoms with Gasteiger partial charge >= 0.3 is 0 Å². The van der Waals surface area contributed by atoms with Crippen molar-refractivity contribution >= 4 is 17.1 Å². The molecule has 9 heteroatoms. The normalized spacial score (nSPS) is 28.4. The number of imidazole rings is 1. The number of nitrogens with one attached hydrogen (secondary N) is 1. The van der Waals surface area contributed by atoms with Crippen LogP contribution in [0.15, 0.2) is 12.5 Å². The Kier molecular flexibility index (Phi) is 4.21. The van der Waals surface area contributed by atoms with Gasteiger partial charge in [0.15, 0.2) is 11.9 Å². The van der Waals surface area contributed by atoms with Gasteiger partial charge < -0.3 is 25.4 Å². The molecule has 9 nitrogen and oxygen atoms in total. The molecule has 4 N–H and O–H groups in total. The highest BCUT2D eigenvalue weighted by atomic mass is 16.6. The van der Waals surface area contributed by atoms with Gasteiger partial charge in [0, 0.05) is 6.54 Å². The summed E-state index contributed by atoms with van der Waals surface area (Å²) in [7, 11) is 0. The summed E-state index contributed by atoms with van der Waals surface area (Å²) in [6.07, 6.45) is -0.0247. The Morgan fingerprint density at radius 1 is 1.32 bits per heavy atom. The molecule has 1 aliphatic rings. The Balaban J connectivity index is 1.93. The van der Waals surface area contributed by atoms with Crippen LogP contribution in [0.1, 0.15) is 19.6 Å². The highest BCUT2D eigenvalue weighted by Gasteiger charge is 2.43. The van der Waals surface area contributed by atoms with Gasteiger partial charge in [-0.1, -0.05) is 6.92 Å². The Bertz CT molecular complexity index is 648. The number of hydrogen-bond donors (Lipinski definition) is 4. The van der Waals surface area contributed by atoms with E-state index in [1.807, 2.05) is 6.92 Å². The Morgan fingerprint density at radius 2 is 2.14 bits per heavy atom. The lowest BCUT2D eigenvalue weighted by Crippen LogP contribution is -2.33. The summed E-state index contributed by atoms with van der Waals surface area (Å²) in [5, 5.41) is 32.2. The van der Waals surface area contributed by atoms with Crippen LogP contribution in [0.2, 0.25) is 0 Å². The second-order valence-corrected chi connectivity index (χ2v) is 5.21. The number of fused-ring (bicyclic) bond motifs is 1. The number of aliphatic hydroxyl groups is 3. The molecule has 22 heavy (non-hydrogen) atoms. The molecule has 0 unspecified atom stereocenters. The standard InChI is InChI=1S/C13H19N5O4/c1-2-3-14-13-15-4-7-11(17-13)18(6-16-7)12-10(21)9(20)8(5-19)22-12/h4,6,8-10,12,19-21H,2-3,5H2,1H3,(H,14,15,17)/t8-,9-,10-,12-/m1/s1. The molecule has 1 saturated heterocycles. The van der Waals surface area contributed by atoms with Crippen molar-refractivity contribution < 1.29 is 20.1 Å². The van der Waals surface area contributed by atoms with E-state index in [1.165, 1.54) is 10.9 Å². The van der Waals surface area contributed by atoms with Crippen molar-refractivity contribution in [3.05, 3.63) is 12.5 Å². The first kappa shape index (κ1) is 15.1. The highest BCUT2D eigenvalue weighted by Crippen LogP contribution is 2.31. The summed E-state index contributed by atoms with van der Waals surface area (Å²) in [6.45, 7) is 2.40. The zero-order chi connectivity index (χ0) is 15.7. The van der Waals surface area contributed by atoms with Gasteiger partial charge in [-0.25, -0.2) is 9.97 Å². The number of nitrogens with zero attached hydrogens (tertiary/aromatic N) is 4. The van der Waals surface area contributed by atoms with Crippen LogP contribution in [0.5, 0.6) is 0 Å². The van der Waals surface area contributed by atoms with Gasteiger partial charge in [0.25, 0.3) is 0 Å². The van der Waals surface area contributed by atoms with Crippen molar-refractivity contribution in [2.45, 2.75) is 37.9 Å². The lowest BCUT2D eigenvalue weighted by Gasteiger charge is -2.16. The van der Waals surface area contributed by atoms with Crippen LogP contribution in [0, 0.1) is 0 Å². The fourth-order valence-corrected chi connectivity index (χ4v) is 2.44. The quantitative estimate of drug-likeness (QED) is 0.569. The summed E-state index contributed by atoms with van der Waals surface area (Å²) >= 11 is 0. The number of aliphatic hydroxyl groups excluding tert-OH is 3. The zero-order valence-corrected chi connectivity index (χ0v) is 12.1. The molecule has 2 aromatic heterocycles. The van der Waals surface area contributed by atoms with Crippen molar-refractivity contribution in [3.8, 4) is 0 Å². The molecule has 0 aromatic carbocycles. The van der Waals surface area contributed by atoms with Gasteiger partial charge in [-0.2, -0.15) is 4.98 Å². The molecule has 2 aromatic rings. The van der Waals surface area contributed by atoms with E-state index >= 15 is 0 Å². The molecule has 4 atom stereocenters. The lowest BCUT2D eigenvalue weighted by molar-refractivity contribution is -0.0511. The molecule has 120 valence electrons. The van der Waals surface area contributed by atoms with Gasteiger partial charge in [0.1, 0.15) is 23.8 Å². The predicted molar refractivity (Wildman–Crippen MR) is 77.1 cm³/mol. The minimum absolute atomic E-state index is 0.375. The Morgan fingerprint density at radius 3 is 2.82 bits per heavy atom. The average molecular weight is 309 g/mol.